The van der Waals surface area contributed by atoms with Crippen molar-refractivity contribution < 1.29 is 9.66 Å². The molecule has 1 atom stereocenters. The molecule has 1 aromatic carbocycles. The molecule has 90 valence electrons. The second-order valence-corrected chi connectivity index (χ2v) is 4.50. The Kier molecular flexibility index (Phi) is 3.54. The lowest BCUT2D eigenvalue weighted by Gasteiger charge is -2.13. The molecule has 1 aromatic rings. The van der Waals surface area contributed by atoms with Crippen molar-refractivity contribution >= 4 is 28.9 Å². The smallest absolute Gasteiger partial charge is 0.314 e. The van der Waals surface area contributed by atoms with Gasteiger partial charge in [-0.1, -0.05) is 29.3 Å². The Labute approximate surface area is 108 Å². The maximum Gasteiger partial charge on any atom is 0.314 e. The van der Waals surface area contributed by atoms with Crippen molar-refractivity contribution in [1.82, 2.24) is 0 Å². The SMILES string of the molecule is O=[N+]([O-])c1cc(Cl)cc(Cl)c1O[C@@H]1C=CCC1. The van der Waals surface area contributed by atoms with Gasteiger partial charge in [0.25, 0.3) is 0 Å². The Bertz CT molecular complexity index is 488. The number of hydrogen-bond donors (Lipinski definition) is 0. The zero-order valence-corrected chi connectivity index (χ0v) is 10.2. The quantitative estimate of drug-likeness (QED) is 0.475. The van der Waals surface area contributed by atoms with Crippen molar-refractivity contribution in [2.24, 2.45) is 0 Å². The van der Waals surface area contributed by atoms with Gasteiger partial charge >= 0.3 is 5.69 Å². The van der Waals surface area contributed by atoms with E-state index in [9.17, 15) is 10.1 Å². The van der Waals surface area contributed by atoms with Crippen LogP contribution in [0.4, 0.5) is 5.69 Å². The number of halogens is 2. The highest BCUT2D eigenvalue weighted by Crippen LogP contribution is 2.39. The molecule has 0 unspecified atom stereocenters. The van der Waals surface area contributed by atoms with Crippen LogP contribution in [0.25, 0.3) is 0 Å². The first-order valence-electron chi connectivity index (χ1n) is 5.04. The monoisotopic (exact) mass is 273 g/mol. The molecular formula is C11H9Cl2NO3. The Morgan fingerprint density at radius 3 is 2.76 bits per heavy atom. The lowest BCUT2D eigenvalue weighted by Crippen LogP contribution is -2.11. The van der Waals surface area contributed by atoms with E-state index in [1.165, 1.54) is 12.1 Å². The van der Waals surface area contributed by atoms with Gasteiger partial charge in [0.2, 0.25) is 5.75 Å². The Hall–Kier alpha value is -1.26. The van der Waals surface area contributed by atoms with E-state index in [0.29, 0.717) is 0 Å². The summed E-state index contributed by atoms with van der Waals surface area (Å²) in [5.74, 6) is 0.0811. The van der Waals surface area contributed by atoms with Gasteiger partial charge in [-0.25, -0.2) is 0 Å². The number of allylic oxidation sites excluding steroid dienone is 1. The van der Waals surface area contributed by atoms with E-state index in [-0.39, 0.29) is 27.6 Å². The lowest BCUT2D eigenvalue weighted by atomic mass is 10.2. The largest absolute Gasteiger partial charge is 0.478 e. The van der Waals surface area contributed by atoms with E-state index in [4.69, 9.17) is 27.9 Å². The van der Waals surface area contributed by atoms with Gasteiger partial charge in [-0.2, -0.15) is 0 Å². The first-order chi connectivity index (χ1) is 8.08. The van der Waals surface area contributed by atoms with Crippen molar-refractivity contribution in [2.75, 3.05) is 0 Å². The average molecular weight is 274 g/mol. The number of rotatable bonds is 3. The van der Waals surface area contributed by atoms with E-state index >= 15 is 0 Å². The average Bonchev–Trinajstić information content (AvgIpc) is 2.74. The maximum atomic E-state index is 10.9. The molecule has 0 aromatic heterocycles. The molecular weight excluding hydrogens is 265 g/mol. The van der Waals surface area contributed by atoms with Crippen LogP contribution >= 0.6 is 23.2 Å². The standard InChI is InChI=1S/C11H9Cl2NO3/c12-7-5-9(13)11(10(6-7)14(15)16)17-8-3-1-2-4-8/h1,3,5-6,8H,2,4H2/t8-/m1/s1. The van der Waals surface area contributed by atoms with Crippen LogP contribution in [0.1, 0.15) is 12.8 Å². The van der Waals surface area contributed by atoms with E-state index < -0.39 is 4.92 Å². The van der Waals surface area contributed by atoms with Gasteiger partial charge in [0.05, 0.1) is 9.95 Å². The highest BCUT2D eigenvalue weighted by Gasteiger charge is 2.23. The highest BCUT2D eigenvalue weighted by atomic mass is 35.5. The molecule has 17 heavy (non-hydrogen) atoms. The molecule has 0 saturated carbocycles. The predicted molar refractivity (Wildman–Crippen MR) is 65.9 cm³/mol. The summed E-state index contributed by atoms with van der Waals surface area (Å²) < 4.78 is 5.53. The minimum Gasteiger partial charge on any atom is -0.478 e. The van der Waals surface area contributed by atoms with Crippen LogP contribution in [0, 0.1) is 10.1 Å². The molecule has 0 radical (unpaired) electrons. The molecule has 0 aliphatic heterocycles. The van der Waals surface area contributed by atoms with Gasteiger partial charge in [0.15, 0.2) is 0 Å². The van der Waals surface area contributed by atoms with Crippen LogP contribution in [0.5, 0.6) is 5.75 Å². The van der Waals surface area contributed by atoms with Crippen molar-refractivity contribution in [1.29, 1.82) is 0 Å². The maximum absolute atomic E-state index is 10.9. The third-order valence-electron chi connectivity index (χ3n) is 2.42. The molecule has 2 rings (SSSR count). The van der Waals surface area contributed by atoms with Gasteiger partial charge in [-0.15, -0.1) is 0 Å². The minimum absolute atomic E-state index is 0.0811. The fraction of sp³-hybridized carbons (Fsp3) is 0.273. The van der Waals surface area contributed by atoms with Crippen molar-refractivity contribution in [2.45, 2.75) is 18.9 Å². The van der Waals surface area contributed by atoms with Crippen LogP contribution in [-0.2, 0) is 0 Å². The van der Waals surface area contributed by atoms with Crippen molar-refractivity contribution in [3.63, 3.8) is 0 Å². The van der Waals surface area contributed by atoms with Gasteiger partial charge in [0, 0.05) is 11.1 Å². The predicted octanol–water partition coefficient (Wildman–Crippen LogP) is 4.00. The van der Waals surface area contributed by atoms with E-state index in [2.05, 4.69) is 0 Å². The Morgan fingerprint density at radius 2 is 2.18 bits per heavy atom. The molecule has 1 aliphatic rings. The molecule has 0 bridgehead atoms. The Balaban J connectivity index is 2.36. The van der Waals surface area contributed by atoms with Gasteiger partial charge < -0.3 is 4.74 Å². The first kappa shape index (κ1) is 12.2. The molecule has 0 fully saturated rings. The molecule has 4 nitrogen and oxygen atoms in total. The second kappa shape index (κ2) is 4.94. The summed E-state index contributed by atoms with van der Waals surface area (Å²) in [6, 6.07) is 2.67. The zero-order valence-electron chi connectivity index (χ0n) is 8.73. The molecule has 0 amide bonds. The van der Waals surface area contributed by atoms with Crippen molar-refractivity contribution in [3.8, 4) is 5.75 Å². The van der Waals surface area contributed by atoms with Crippen LogP contribution in [0.15, 0.2) is 24.3 Å². The van der Waals surface area contributed by atoms with Crippen molar-refractivity contribution in [3.05, 3.63) is 44.4 Å². The number of hydrogen-bond acceptors (Lipinski definition) is 3. The summed E-state index contributed by atoms with van der Waals surface area (Å²) >= 11 is 11.6. The third kappa shape index (κ3) is 2.70. The van der Waals surface area contributed by atoms with Crippen LogP contribution in [0.3, 0.4) is 0 Å². The summed E-state index contributed by atoms with van der Waals surface area (Å²) in [6.45, 7) is 0. The molecule has 0 heterocycles. The van der Waals surface area contributed by atoms with Gasteiger partial charge in [-0.05, 0) is 25.0 Å². The zero-order chi connectivity index (χ0) is 12.4. The normalized spacial score (nSPS) is 18.4. The van der Waals surface area contributed by atoms with E-state index in [1.807, 2.05) is 12.2 Å². The summed E-state index contributed by atoms with van der Waals surface area (Å²) in [5.41, 5.74) is -0.206. The molecule has 6 heteroatoms. The van der Waals surface area contributed by atoms with Gasteiger partial charge in [-0.3, -0.25) is 10.1 Å². The molecule has 1 aliphatic carbocycles. The first-order valence-corrected chi connectivity index (χ1v) is 5.80. The number of nitrogens with zero attached hydrogens (tertiary/aromatic N) is 1. The molecule has 0 N–H and O–H groups in total. The minimum atomic E-state index is -0.550. The molecule has 0 saturated heterocycles. The third-order valence-corrected chi connectivity index (χ3v) is 2.92. The number of nitro groups is 1. The van der Waals surface area contributed by atoms with E-state index in [1.54, 1.807) is 0 Å². The number of benzene rings is 1. The fourth-order valence-electron chi connectivity index (χ4n) is 1.65. The fourth-order valence-corrected chi connectivity index (χ4v) is 2.18. The second-order valence-electron chi connectivity index (χ2n) is 3.65. The van der Waals surface area contributed by atoms with Gasteiger partial charge in [0.1, 0.15) is 6.10 Å². The van der Waals surface area contributed by atoms with Crippen LogP contribution < -0.4 is 4.74 Å². The summed E-state index contributed by atoms with van der Waals surface area (Å²) in [6.07, 6.45) is 5.39. The van der Waals surface area contributed by atoms with Crippen LogP contribution in [-0.4, -0.2) is 11.0 Å². The summed E-state index contributed by atoms with van der Waals surface area (Å²) in [5, 5.41) is 11.3. The number of nitro benzene ring substituents is 1. The van der Waals surface area contributed by atoms with Crippen LogP contribution in [0.2, 0.25) is 10.0 Å². The molecule has 0 spiro atoms. The lowest BCUT2D eigenvalue weighted by molar-refractivity contribution is -0.386. The summed E-state index contributed by atoms with van der Waals surface area (Å²) in [4.78, 5) is 10.3. The number of ether oxygens (including phenoxy) is 1. The highest BCUT2D eigenvalue weighted by molar-refractivity contribution is 6.36. The topological polar surface area (TPSA) is 52.4 Å². The summed E-state index contributed by atoms with van der Waals surface area (Å²) in [7, 11) is 0. The van der Waals surface area contributed by atoms with E-state index in [0.717, 1.165) is 12.8 Å². The Morgan fingerprint density at radius 1 is 1.41 bits per heavy atom.